The second kappa shape index (κ2) is 13.8. The second-order valence-corrected chi connectivity index (χ2v) is 17.4. The molecule has 276 valence electrons. The van der Waals surface area contributed by atoms with Gasteiger partial charge in [-0.1, -0.05) is 158 Å². The number of thiophene rings is 2. The molecule has 2 aromatic heterocycles. The summed E-state index contributed by atoms with van der Waals surface area (Å²) in [6.07, 6.45) is 0. The zero-order chi connectivity index (χ0) is 38.9. The van der Waals surface area contributed by atoms with Crippen molar-refractivity contribution in [2.45, 2.75) is 0 Å². The fourth-order valence-corrected chi connectivity index (χ4v) is 11.4. The van der Waals surface area contributed by atoms with E-state index < -0.39 is 0 Å². The Bertz CT molecular complexity index is 3540. The second-order valence-electron chi connectivity index (χ2n) is 15.3. The maximum absolute atomic E-state index is 2.48. The lowest BCUT2D eigenvalue weighted by Gasteiger charge is -2.27. The van der Waals surface area contributed by atoms with Crippen LogP contribution in [-0.4, -0.2) is 0 Å². The smallest absolute Gasteiger partial charge is 0.0555 e. The van der Waals surface area contributed by atoms with E-state index in [0.717, 1.165) is 11.4 Å². The highest BCUT2D eigenvalue weighted by molar-refractivity contribution is 7.26. The van der Waals surface area contributed by atoms with Crippen LogP contribution in [0.25, 0.3) is 95.3 Å². The summed E-state index contributed by atoms with van der Waals surface area (Å²) in [7, 11) is 0. The fraction of sp³-hybridized carbons (Fsp3) is 0. The monoisotopic (exact) mass is 785 g/mol. The van der Waals surface area contributed by atoms with Gasteiger partial charge in [0.05, 0.1) is 5.69 Å². The number of anilines is 3. The molecule has 2 heterocycles. The van der Waals surface area contributed by atoms with Crippen LogP contribution >= 0.6 is 22.7 Å². The first-order chi connectivity index (χ1) is 29.2. The molecule has 0 aliphatic carbocycles. The van der Waals surface area contributed by atoms with Gasteiger partial charge >= 0.3 is 0 Å². The molecule has 3 heteroatoms. The number of fused-ring (bicyclic) bond motifs is 9. The van der Waals surface area contributed by atoms with Crippen LogP contribution in [0.3, 0.4) is 0 Å². The van der Waals surface area contributed by atoms with E-state index in [2.05, 4.69) is 217 Å². The summed E-state index contributed by atoms with van der Waals surface area (Å²) in [6, 6.07) is 78.2. The Labute approximate surface area is 350 Å². The number of nitrogens with zero attached hydrogens (tertiary/aromatic N) is 1. The highest BCUT2D eigenvalue weighted by Gasteiger charge is 2.22. The van der Waals surface area contributed by atoms with Crippen LogP contribution in [0.2, 0.25) is 0 Å². The summed E-state index contributed by atoms with van der Waals surface area (Å²) < 4.78 is 5.19. The first-order valence-electron chi connectivity index (χ1n) is 20.1. The number of hydrogen-bond acceptors (Lipinski definition) is 3. The van der Waals surface area contributed by atoms with Crippen molar-refractivity contribution >= 4 is 102 Å². The predicted octanol–water partition coefficient (Wildman–Crippen LogP) is 17.2. The van der Waals surface area contributed by atoms with Gasteiger partial charge in [0.25, 0.3) is 0 Å². The zero-order valence-electron chi connectivity index (χ0n) is 32.0. The number of rotatable bonds is 6. The molecular weight excluding hydrogens is 751 g/mol. The van der Waals surface area contributed by atoms with Crippen molar-refractivity contribution in [2.75, 3.05) is 4.90 Å². The molecule has 0 atom stereocenters. The van der Waals surface area contributed by atoms with E-state index in [1.165, 1.54) is 101 Å². The van der Waals surface area contributed by atoms with Gasteiger partial charge in [-0.05, 0) is 110 Å². The van der Waals surface area contributed by atoms with Gasteiger partial charge in [-0.3, -0.25) is 0 Å². The molecule has 12 rings (SSSR count). The average molecular weight is 786 g/mol. The molecule has 0 aliphatic heterocycles. The average Bonchev–Trinajstić information content (AvgIpc) is 3.88. The van der Waals surface area contributed by atoms with Crippen molar-refractivity contribution in [3.8, 4) is 33.4 Å². The van der Waals surface area contributed by atoms with Gasteiger partial charge in [-0.25, -0.2) is 0 Å². The van der Waals surface area contributed by atoms with Gasteiger partial charge < -0.3 is 4.90 Å². The summed E-state index contributed by atoms with van der Waals surface area (Å²) in [5, 5.41) is 10.2. The summed E-state index contributed by atoms with van der Waals surface area (Å²) in [5.74, 6) is 0. The van der Waals surface area contributed by atoms with Gasteiger partial charge in [-0.15, -0.1) is 22.7 Å². The maximum atomic E-state index is 2.48. The lowest BCUT2D eigenvalue weighted by atomic mass is 9.97. The van der Waals surface area contributed by atoms with Gasteiger partial charge in [0.1, 0.15) is 0 Å². The lowest BCUT2D eigenvalue weighted by molar-refractivity contribution is 1.31. The van der Waals surface area contributed by atoms with E-state index in [0.29, 0.717) is 0 Å². The lowest BCUT2D eigenvalue weighted by Crippen LogP contribution is -2.10. The van der Waals surface area contributed by atoms with Crippen molar-refractivity contribution in [1.82, 2.24) is 0 Å². The van der Waals surface area contributed by atoms with Crippen molar-refractivity contribution in [1.29, 1.82) is 0 Å². The van der Waals surface area contributed by atoms with Crippen molar-refractivity contribution in [3.05, 3.63) is 212 Å². The van der Waals surface area contributed by atoms with Crippen LogP contribution in [0.1, 0.15) is 0 Å². The largest absolute Gasteiger partial charge is 0.310 e. The minimum atomic E-state index is 1.12. The topological polar surface area (TPSA) is 3.24 Å². The Morgan fingerprint density at radius 1 is 0.305 bits per heavy atom. The molecule has 0 saturated carbocycles. The Hall–Kier alpha value is -7.04. The zero-order valence-corrected chi connectivity index (χ0v) is 33.6. The third-order valence-electron chi connectivity index (χ3n) is 11.9. The van der Waals surface area contributed by atoms with Crippen LogP contribution in [0.4, 0.5) is 17.1 Å². The van der Waals surface area contributed by atoms with Crippen LogP contribution in [0.5, 0.6) is 0 Å². The Kier molecular flexibility index (Phi) is 7.97. The molecule has 0 amide bonds. The molecule has 12 aromatic rings. The Morgan fingerprint density at radius 3 is 1.75 bits per heavy atom. The molecule has 0 radical (unpaired) electrons. The minimum Gasteiger partial charge on any atom is -0.310 e. The van der Waals surface area contributed by atoms with Gasteiger partial charge in [-0.2, -0.15) is 0 Å². The quantitative estimate of drug-likeness (QED) is 0.152. The third kappa shape index (κ3) is 5.73. The van der Waals surface area contributed by atoms with Crippen molar-refractivity contribution < 1.29 is 0 Å². The summed E-state index contributed by atoms with van der Waals surface area (Å²) >= 11 is 3.76. The first kappa shape index (κ1) is 34.0. The maximum Gasteiger partial charge on any atom is 0.0555 e. The molecule has 0 spiro atoms. The summed E-state index contributed by atoms with van der Waals surface area (Å²) in [4.78, 5) is 2.48. The van der Waals surface area contributed by atoms with E-state index >= 15 is 0 Å². The fourth-order valence-electron chi connectivity index (χ4n) is 8.97. The van der Waals surface area contributed by atoms with Crippen LogP contribution in [-0.2, 0) is 0 Å². The number of hydrogen-bond donors (Lipinski definition) is 0. The van der Waals surface area contributed by atoms with E-state index in [9.17, 15) is 0 Å². The van der Waals surface area contributed by atoms with E-state index in [4.69, 9.17) is 0 Å². The van der Waals surface area contributed by atoms with Crippen molar-refractivity contribution in [2.24, 2.45) is 0 Å². The SMILES string of the molecule is c1ccc(-c2ccc3c(c2)sc2ccc(N(c4ccc(-c5ccc6ccc7ccccc7c6c5)cc4)c4ccc(-c5ccccc5)c5sc6ccccc6c45)cc23)cc1. The molecule has 10 aromatic carbocycles. The normalized spacial score (nSPS) is 11.7. The van der Waals surface area contributed by atoms with E-state index in [-0.39, 0.29) is 0 Å². The number of benzene rings is 10. The molecule has 0 unspecified atom stereocenters. The van der Waals surface area contributed by atoms with Gasteiger partial charge in [0.15, 0.2) is 0 Å². The van der Waals surface area contributed by atoms with Crippen molar-refractivity contribution in [3.63, 3.8) is 0 Å². The Morgan fingerprint density at radius 2 is 0.915 bits per heavy atom. The van der Waals surface area contributed by atoms with Gasteiger partial charge in [0.2, 0.25) is 0 Å². The first-order valence-corrected chi connectivity index (χ1v) is 21.7. The minimum absolute atomic E-state index is 1.12. The van der Waals surface area contributed by atoms with Crippen LogP contribution in [0.15, 0.2) is 212 Å². The summed E-state index contributed by atoms with van der Waals surface area (Å²) in [5.41, 5.74) is 10.8. The molecule has 59 heavy (non-hydrogen) atoms. The summed E-state index contributed by atoms with van der Waals surface area (Å²) in [6.45, 7) is 0. The van der Waals surface area contributed by atoms with Gasteiger partial charge in [0, 0.05) is 51.7 Å². The molecule has 0 fully saturated rings. The van der Waals surface area contributed by atoms with E-state index in [1.807, 2.05) is 22.7 Å². The molecule has 0 aliphatic rings. The van der Waals surface area contributed by atoms with Crippen LogP contribution in [0, 0.1) is 0 Å². The molecule has 1 nitrogen and oxygen atoms in total. The molecular formula is C56H35NS2. The Balaban J connectivity index is 1.05. The predicted molar refractivity (Wildman–Crippen MR) is 258 cm³/mol. The molecule has 0 N–H and O–H groups in total. The molecule has 0 bridgehead atoms. The highest BCUT2D eigenvalue weighted by atomic mass is 32.1. The standard InChI is InChI=1S/C56H35NS2/c1-3-11-36(12-4-1)42-25-29-47-50-35-44(28-32-53(50)58-54(47)34-42)57(51-31-30-46(38-13-5-2-6-14-38)56-55(51)48-17-9-10-18-52(48)59-56)43-26-23-37(24-27-43)41-22-21-40-20-19-39-15-7-8-16-45(39)49(40)33-41/h1-35H. The highest BCUT2D eigenvalue weighted by Crippen LogP contribution is 2.49. The van der Waals surface area contributed by atoms with Crippen LogP contribution < -0.4 is 4.90 Å². The van der Waals surface area contributed by atoms with E-state index in [1.54, 1.807) is 0 Å². The third-order valence-corrected chi connectivity index (χ3v) is 14.2. The molecule has 0 saturated heterocycles.